The Balaban J connectivity index is -0.0000000731. The molecule has 1 nitrogen and oxygen atoms in total. The average Bonchev–Trinajstić information content (AvgIpc) is 2.39. The summed E-state index contributed by atoms with van der Waals surface area (Å²) in [4.78, 5) is 9.81. The molecule has 0 amide bonds. The van der Waals surface area contributed by atoms with Crippen LogP contribution in [0.25, 0.3) is 0 Å². The molecule has 0 heterocycles. The van der Waals surface area contributed by atoms with E-state index in [1.165, 1.54) is 18.4 Å². The molecule has 0 unspecified atom stereocenters. The molecule has 0 N–H and O–H groups in total. The van der Waals surface area contributed by atoms with Crippen LogP contribution in [-0.4, -0.2) is 5.78 Å². The molecule has 0 saturated carbocycles. The molecule has 0 aliphatic rings. The first kappa shape index (κ1) is 25.9. The largest absolute Gasteiger partial charge is 0.300 e. The van der Waals surface area contributed by atoms with Crippen LogP contribution in [0.15, 0.2) is 23.8 Å². The van der Waals surface area contributed by atoms with E-state index in [2.05, 4.69) is 33.8 Å². The van der Waals surface area contributed by atoms with Crippen molar-refractivity contribution >= 4 is 5.78 Å². The molecule has 0 radical (unpaired) electrons. The van der Waals surface area contributed by atoms with E-state index in [0.29, 0.717) is 6.42 Å². The lowest BCUT2D eigenvalue weighted by Gasteiger charge is -1.74. The molecular weight excluding hydrogens is 220 g/mol. The first-order chi connectivity index (χ1) is 8.37. The fourth-order valence-electron chi connectivity index (χ4n) is 0. The van der Waals surface area contributed by atoms with E-state index in [9.17, 15) is 4.79 Å². The number of hydrogen-bond acceptors (Lipinski definition) is 1. The van der Waals surface area contributed by atoms with Crippen LogP contribution in [-0.2, 0) is 4.79 Å². The molecule has 0 aliphatic heterocycles. The van der Waals surface area contributed by atoms with Gasteiger partial charge in [-0.3, -0.25) is 0 Å². The summed E-state index contributed by atoms with van der Waals surface area (Å²) in [5, 5.41) is 0. The zero-order chi connectivity index (χ0) is 15.4. The van der Waals surface area contributed by atoms with Gasteiger partial charge in [-0.25, -0.2) is 0 Å². The predicted molar refractivity (Wildman–Crippen MR) is 87.1 cm³/mol. The summed E-state index contributed by atoms with van der Waals surface area (Å²) in [6.45, 7) is 18.0. The minimum atomic E-state index is 0.255. The third-order valence-corrected chi connectivity index (χ3v) is 1.91. The van der Waals surface area contributed by atoms with Gasteiger partial charge >= 0.3 is 0 Å². The summed E-state index contributed by atoms with van der Waals surface area (Å²) in [5.74, 6) is 0.255. The summed E-state index contributed by atoms with van der Waals surface area (Å²) in [6, 6.07) is 0. The van der Waals surface area contributed by atoms with Crippen molar-refractivity contribution in [3.05, 3.63) is 23.8 Å². The fourth-order valence-corrected chi connectivity index (χ4v) is 0. The quantitative estimate of drug-likeness (QED) is 0.526. The minimum Gasteiger partial charge on any atom is -0.300 e. The first-order valence-corrected chi connectivity index (χ1v) is 7.03. The van der Waals surface area contributed by atoms with Crippen LogP contribution in [0, 0.1) is 0 Å². The Labute approximate surface area is 116 Å². The molecule has 110 valence electrons. The van der Waals surface area contributed by atoms with Gasteiger partial charge in [0, 0.05) is 6.42 Å². The van der Waals surface area contributed by atoms with Gasteiger partial charge in [0.25, 0.3) is 0 Å². The molecule has 0 rings (SSSR count). The number of carbonyl (C=O) groups is 1. The molecule has 0 bridgehead atoms. The molecule has 0 aliphatic carbocycles. The van der Waals surface area contributed by atoms with Crippen molar-refractivity contribution in [2.45, 2.75) is 81.6 Å². The highest BCUT2D eigenvalue weighted by molar-refractivity contribution is 5.74. The lowest BCUT2D eigenvalue weighted by atomic mass is 10.3. The van der Waals surface area contributed by atoms with Crippen molar-refractivity contribution in [3.8, 4) is 0 Å². The molecule has 0 aromatic heterocycles. The summed E-state index contributed by atoms with van der Waals surface area (Å²) in [7, 11) is 0. The molecule has 0 aromatic rings. The van der Waals surface area contributed by atoms with Crippen molar-refractivity contribution in [3.63, 3.8) is 0 Å². The molecule has 0 aromatic carbocycles. The van der Waals surface area contributed by atoms with E-state index in [1.807, 2.05) is 39.8 Å². The molecular formula is C17H36O. The predicted octanol–water partition coefficient (Wildman–Crippen LogP) is 6.35. The van der Waals surface area contributed by atoms with Gasteiger partial charge in [-0.05, 0) is 41.5 Å². The summed E-state index contributed by atoms with van der Waals surface area (Å²) in [6.07, 6.45) is 9.39. The van der Waals surface area contributed by atoms with Gasteiger partial charge in [-0.2, -0.15) is 0 Å². The first-order valence-electron chi connectivity index (χ1n) is 7.03. The Morgan fingerprint density at radius 1 is 0.833 bits per heavy atom. The van der Waals surface area contributed by atoms with Crippen LogP contribution in [0.3, 0.4) is 0 Å². The average molecular weight is 256 g/mol. The Hall–Kier alpha value is -0.850. The van der Waals surface area contributed by atoms with E-state index in [1.54, 1.807) is 6.92 Å². The van der Waals surface area contributed by atoms with Gasteiger partial charge in [-0.15, -0.1) is 0 Å². The lowest BCUT2D eigenvalue weighted by molar-refractivity contribution is -0.116. The second-order valence-electron chi connectivity index (χ2n) is 4.09. The van der Waals surface area contributed by atoms with Crippen LogP contribution in [0.2, 0.25) is 0 Å². The molecule has 18 heavy (non-hydrogen) atoms. The third kappa shape index (κ3) is 114. The van der Waals surface area contributed by atoms with Gasteiger partial charge in [0.1, 0.15) is 5.78 Å². The maximum atomic E-state index is 9.81. The Morgan fingerprint density at radius 2 is 1.06 bits per heavy atom. The van der Waals surface area contributed by atoms with E-state index in [0.717, 1.165) is 0 Å². The molecule has 0 saturated heterocycles. The van der Waals surface area contributed by atoms with E-state index in [-0.39, 0.29) is 5.78 Å². The second-order valence-corrected chi connectivity index (χ2v) is 4.09. The van der Waals surface area contributed by atoms with Crippen molar-refractivity contribution in [1.29, 1.82) is 0 Å². The van der Waals surface area contributed by atoms with Crippen molar-refractivity contribution in [2.75, 3.05) is 0 Å². The normalized spacial score (nSPS) is 7.83. The Bertz CT molecular complexity index is 178. The minimum absolute atomic E-state index is 0.255. The molecule has 0 spiro atoms. The highest BCUT2D eigenvalue weighted by Gasteiger charge is 1.76. The number of hydrogen-bond donors (Lipinski definition) is 0. The monoisotopic (exact) mass is 256 g/mol. The van der Waals surface area contributed by atoms with Crippen LogP contribution < -0.4 is 0 Å². The van der Waals surface area contributed by atoms with Gasteiger partial charge in [0.2, 0.25) is 0 Å². The van der Waals surface area contributed by atoms with E-state index >= 15 is 0 Å². The third-order valence-electron chi connectivity index (χ3n) is 1.91. The van der Waals surface area contributed by atoms with E-state index in [4.69, 9.17) is 0 Å². The zero-order valence-corrected chi connectivity index (χ0v) is 14.3. The number of rotatable bonds is 2. The van der Waals surface area contributed by atoms with Gasteiger partial charge in [0.15, 0.2) is 0 Å². The highest BCUT2D eigenvalue weighted by Crippen LogP contribution is 1.82. The Morgan fingerprint density at radius 3 is 1.06 bits per heavy atom. The highest BCUT2D eigenvalue weighted by atomic mass is 16.1. The van der Waals surface area contributed by atoms with Crippen molar-refractivity contribution in [1.82, 2.24) is 0 Å². The Kier molecular flexibility index (Phi) is 42.8. The van der Waals surface area contributed by atoms with Crippen molar-refractivity contribution < 1.29 is 4.79 Å². The fraction of sp³-hybridized carbons (Fsp3) is 0.706. The van der Waals surface area contributed by atoms with Gasteiger partial charge in [-0.1, -0.05) is 57.4 Å². The maximum absolute atomic E-state index is 9.81. The lowest BCUT2D eigenvalue weighted by Crippen LogP contribution is -1.80. The number of allylic oxidation sites excluding steroid dienone is 4. The van der Waals surface area contributed by atoms with Crippen LogP contribution in [0.5, 0.6) is 0 Å². The number of unbranched alkanes of at least 4 members (excludes halogenated alkanes) is 1. The summed E-state index contributed by atoms with van der Waals surface area (Å²) in [5.41, 5.74) is 1.38. The van der Waals surface area contributed by atoms with Crippen LogP contribution in [0.4, 0.5) is 0 Å². The molecule has 0 fully saturated rings. The van der Waals surface area contributed by atoms with Gasteiger partial charge in [0.05, 0.1) is 0 Å². The number of ketones is 1. The topological polar surface area (TPSA) is 17.1 Å². The zero-order valence-electron chi connectivity index (χ0n) is 14.3. The smallest absolute Gasteiger partial charge is 0.129 e. The summed E-state index contributed by atoms with van der Waals surface area (Å²) < 4.78 is 0. The van der Waals surface area contributed by atoms with Crippen molar-refractivity contribution in [2.24, 2.45) is 0 Å². The number of Topliss-reactive ketones (excluding diaryl/α,β-unsaturated/α-hetero) is 1. The van der Waals surface area contributed by atoms with Gasteiger partial charge < -0.3 is 4.79 Å². The molecule has 0 atom stereocenters. The summed E-state index contributed by atoms with van der Waals surface area (Å²) >= 11 is 0. The van der Waals surface area contributed by atoms with Crippen LogP contribution in [0.1, 0.15) is 81.6 Å². The van der Waals surface area contributed by atoms with E-state index < -0.39 is 0 Å². The molecule has 1 heteroatoms. The maximum Gasteiger partial charge on any atom is 0.129 e. The standard InChI is InChI=1S/C5H10.C4H8O.C4H10.C4H8/c1-4-5(2)3;1-3-4(2)5;2*1-3-4-2/h4H,1-3H3;3H2,1-2H3;3-4H2,1-2H3;3-4H,1-2H3/b;;;4-3-. The second kappa shape index (κ2) is 29.8. The van der Waals surface area contributed by atoms with Crippen LogP contribution >= 0.6 is 0 Å². The SMILES string of the molecule is C/C=C\C.CC=C(C)C.CCC(C)=O.CCCC. The number of carbonyl (C=O) groups excluding carboxylic acids is 1.